The molecule has 8 nitrogen and oxygen atoms in total. The van der Waals surface area contributed by atoms with Crippen molar-refractivity contribution in [1.29, 1.82) is 0 Å². The highest BCUT2D eigenvalue weighted by atomic mass is 16.4. The van der Waals surface area contributed by atoms with Crippen molar-refractivity contribution in [3.63, 3.8) is 0 Å². The van der Waals surface area contributed by atoms with Gasteiger partial charge in [0.05, 0.1) is 6.20 Å². The van der Waals surface area contributed by atoms with Crippen LogP contribution in [-0.2, 0) is 0 Å². The number of oxime groups is 1. The molecule has 0 bridgehead atoms. The van der Waals surface area contributed by atoms with Gasteiger partial charge < -0.3 is 16.3 Å². The fourth-order valence-corrected chi connectivity index (χ4v) is 2.64. The molecule has 1 fully saturated rings. The summed E-state index contributed by atoms with van der Waals surface area (Å²) >= 11 is 0. The van der Waals surface area contributed by atoms with Crippen molar-refractivity contribution in [2.45, 2.75) is 50.5 Å². The number of carbonyl (C=O) groups excluding carboxylic acids is 1. The molecule has 0 unspecified atom stereocenters. The summed E-state index contributed by atoms with van der Waals surface area (Å²) in [5.74, 6) is -0.317. The van der Waals surface area contributed by atoms with Crippen molar-refractivity contribution in [1.82, 2.24) is 20.7 Å². The molecule has 5 N–H and O–H groups in total. The number of nitrogens with zero attached hydrogens (tertiary/aromatic N) is 3. The number of H-pyrrole nitrogens is 1. The lowest BCUT2D eigenvalue weighted by molar-refractivity contribution is 0.0905. The Kier molecular flexibility index (Phi) is 4.54. The van der Waals surface area contributed by atoms with Crippen LogP contribution in [-0.4, -0.2) is 37.9 Å². The number of amides is 1. The van der Waals surface area contributed by atoms with E-state index in [0.717, 1.165) is 25.7 Å². The summed E-state index contributed by atoms with van der Waals surface area (Å²) in [5.41, 5.74) is 5.24. The van der Waals surface area contributed by atoms with E-state index in [2.05, 4.69) is 25.9 Å². The number of hydrogen-bond donors (Lipinski definition) is 4. The first-order valence-corrected chi connectivity index (χ1v) is 6.84. The van der Waals surface area contributed by atoms with Crippen molar-refractivity contribution in [3.8, 4) is 0 Å². The summed E-state index contributed by atoms with van der Waals surface area (Å²) in [7, 11) is 0. The summed E-state index contributed by atoms with van der Waals surface area (Å²) in [6, 6.07) is 0. The van der Waals surface area contributed by atoms with Gasteiger partial charge in [-0.05, 0) is 12.8 Å². The number of rotatable bonds is 3. The minimum Gasteiger partial charge on any atom is -0.409 e. The van der Waals surface area contributed by atoms with Crippen LogP contribution in [0.4, 0.5) is 0 Å². The van der Waals surface area contributed by atoms with E-state index in [0.29, 0.717) is 12.8 Å². The molecule has 0 aromatic carbocycles. The van der Waals surface area contributed by atoms with Crippen molar-refractivity contribution in [2.75, 3.05) is 0 Å². The number of aromatic amines is 1. The maximum Gasteiger partial charge on any atom is 0.274 e. The molecule has 1 aromatic heterocycles. The SMILES string of the molecule is NC(=NO)C1(NC(=O)c2cn[nH]n2)CCCCCCC1. The number of carbonyl (C=O) groups is 1. The van der Waals surface area contributed by atoms with E-state index in [1.807, 2.05) is 0 Å². The van der Waals surface area contributed by atoms with Crippen LogP contribution in [0.2, 0.25) is 0 Å². The maximum absolute atomic E-state index is 12.2. The summed E-state index contributed by atoms with van der Waals surface area (Å²) in [6.07, 6.45) is 7.87. The van der Waals surface area contributed by atoms with Gasteiger partial charge in [0.15, 0.2) is 11.5 Å². The highest BCUT2D eigenvalue weighted by Crippen LogP contribution is 2.27. The van der Waals surface area contributed by atoms with E-state index in [4.69, 9.17) is 10.9 Å². The quantitative estimate of drug-likeness (QED) is 0.281. The van der Waals surface area contributed by atoms with Gasteiger partial charge in [-0.3, -0.25) is 4.79 Å². The predicted octanol–water partition coefficient (Wildman–Crippen LogP) is 0.764. The largest absolute Gasteiger partial charge is 0.409 e. The Morgan fingerprint density at radius 1 is 1.35 bits per heavy atom. The smallest absolute Gasteiger partial charge is 0.274 e. The molecule has 0 saturated heterocycles. The number of nitrogens with two attached hydrogens (primary N) is 1. The summed E-state index contributed by atoms with van der Waals surface area (Å²) in [4.78, 5) is 12.2. The second-order valence-corrected chi connectivity index (χ2v) is 5.14. The molecule has 8 heteroatoms. The summed E-state index contributed by atoms with van der Waals surface area (Å²) < 4.78 is 0. The van der Waals surface area contributed by atoms with Crippen LogP contribution in [0, 0.1) is 0 Å². The van der Waals surface area contributed by atoms with Crippen LogP contribution >= 0.6 is 0 Å². The third kappa shape index (κ3) is 3.06. The fourth-order valence-electron chi connectivity index (χ4n) is 2.64. The maximum atomic E-state index is 12.2. The fraction of sp³-hybridized carbons (Fsp3) is 0.667. The molecule has 1 aromatic rings. The van der Waals surface area contributed by atoms with E-state index >= 15 is 0 Å². The predicted molar refractivity (Wildman–Crippen MR) is 72.3 cm³/mol. The molecule has 20 heavy (non-hydrogen) atoms. The Morgan fingerprint density at radius 3 is 2.55 bits per heavy atom. The summed E-state index contributed by atoms with van der Waals surface area (Å²) in [6.45, 7) is 0. The lowest BCUT2D eigenvalue weighted by atomic mass is 9.82. The minimum atomic E-state index is -0.800. The minimum absolute atomic E-state index is 0.0521. The average Bonchev–Trinajstić information content (AvgIpc) is 2.95. The van der Waals surface area contributed by atoms with Gasteiger partial charge in [-0.2, -0.15) is 15.4 Å². The number of hydrogen-bond acceptors (Lipinski definition) is 5. The van der Waals surface area contributed by atoms with Crippen LogP contribution in [0.3, 0.4) is 0 Å². The van der Waals surface area contributed by atoms with Gasteiger partial charge in [-0.1, -0.05) is 37.3 Å². The first-order valence-electron chi connectivity index (χ1n) is 6.84. The van der Waals surface area contributed by atoms with Gasteiger partial charge in [-0.25, -0.2) is 0 Å². The van der Waals surface area contributed by atoms with E-state index in [9.17, 15) is 4.79 Å². The van der Waals surface area contributed by atoms with Crippen molar-refractivity contribution in [3.05, 3.63) is 11.9 Å². The van der Waals surface area contributed by atoms with Crippen LogP contribution in [0.25, 0.3) is 0 Å². The number of aromatic nitrogens is 3. The van der Waals surface area contributed by atoms with Crippen LogP contribution < -0.4 is 11.1 Å². The van der Waals surface area contributed by atoms with Gasteiger partial charge in [0.25, 0.3) is 5.91 Å². The van der Waals surface area contributed by atoms with Gasteiger partial charge in [0, 0.05) is 0 Å². The lowest BCUT2D eigenvalue weighted by Crippen LogP contribution is -2.57. The van der Waals surface area contributed by atoms with Gasteiger partial charge in [0.2, 0.25) is 0 Å². The Morgan fingerprint density at radius 2 is 2.00 bits per heavy atom. The molecule has 1 aliphatic carbocycles. The lowest BCUT2D eigenvalue weighted by Gasteiger charge is -2.34. The zero-order valence-electron chi connectivity index (χ0n) is 11.3. The zero-order chi connectivity index (χ0) is 14.4. The zero-order valence-corrected chi connectivity index (χ0v) is 11.3. The monoisotopic (exact) mass is 280 g/mol. The molecule has 0 radical (unpaired) electrons. The van der Waals surface area contributed by atoms with E-state index < -0.39 is 5.54 Å². The first kappa shape index (κ1) is 14.3. The van der Waals surface area contributed by atoms with Crippen LogP contribution in [0.5, 0.6) is 0 Å². The van der Waals surface area contributed by atoms with Crippen molar-refractivity contribution < 1.29 is 10.0 Å². The van der Waals surface area contributed by atoms with Crippen LogP contribution in [0.15, 0.2) is 11.4 Å². The Labute approximate surface area is 116 Å². The Balaban J connectivity index is 2.19. The molecule has 1 heterocycles. The molecule has 0 aliphatic heterocycles. The molecule has 1 aliphatic rings. The van der Waals surface area contributed by atoms with Gasteiger partial charge in [-0.15, -0.1) is 0 Å². The Hall–Kier alpha value is -2.12. The van der Waals surface area contributed by atoms with Crippen molar-refractivity contribution in [2.24, 2.45) is 10.9 Å². The number of nitrogens with one attached hydrogen (secondary N) is 2. The highest BCUT2D eigenvalue weighted by molar-refractivity contribution is 5.99. The van der Waals surface area contributed by atoms with Crippen LogP contribution in [0.1, 0.15) is 55.4 Å². The molecule has 0 atom stereocenters. The highest BCUT2D eigenvalue weighted by Gasteiger charge is 2.37. The normalized spacial score (nSPS) is 19.9. The molecule has 1 saturated carbocycles. The molecular formula is C12H20N6O2. The van der Waals surface area contributed by atoms with Gasteiger partial charge in [0.1, 0.15) is 5.54 Å². The molecule has 0 spiro atoms. The molecular weight excluding hydrogens is 260 g/mol. The van der Waals surface area contributed by atoms with Crippen molar-refractivity contribution >= 4 is 11.7 Å². The van der Waals surface area contributed by atoms with E-state index in [-0.39, 0.29) is 17.4 Å². The van der Waals surface area contributed by atoms with E-state index in [1.54, 1.807) is 0 Å². The number of amidine groups is 1. The third-order valence-corrected chi connectivity index (χ3v) is 3.81. The second-order valence-electron chi connectivity index (χ2n) is 5.14. The first-order chi connectivity index (χ1) is 9.68. The molecule has 110 valence electrons. The topological polar surface area (TPSA) is 129 Å². The molecule has 2 rings (SSSR count). The standard InChI is InChI=1S/C12H20N6O2/c13-11(17-20)12(6-4-2-1-3-5-7-12)15-10(19)9-8-14-18-16-9/h8,20H,1-7H2,(H2,13,17)(H,15,19)(H,14,16,18). The third-order valence-electron chi connectivity index (χ3n) is 3.81. The second kappa shape index (κ2) is 6.36. The Bertz CT molecular complexity index is 462. The molecule has 1 amide bonds. The average molecular weight is 280 g/mol. The summed E-state index contributed by atoms with van der Waals surface area (Å²) in [5, 5.41) is 24.8. The van der Waals surface area contributed by atoms with Gasteiger partial charge >= 0.3 is 0 Å². The van der Waals surface area contributed by atoms with E-state index in [1.165, 1.54) is 12.6 Å².